The number of ether oxygens (including phenoxy) is 1. The molecule has 1 aliphatic rings. The Bertz CT molecular complexity index is 888. The third-order valence-corrected chi connectivity index (χ3v) is 4.93. The monoisotopic (exact) mass is 354 g/mol. The molecule has 4 nitrogen and oxygen atoms in total. The number of carbonyl (C=O) groups is 1. The number of amides is 1. The van der Waals surface area contributed by atoms with Crippen LogP contribution in [0.25, 0.3) is 10.9 Å². The molecule has 1 saturated heterocycles. The average Bonchev–Trinajstić information content (AvgIpc) is 3.05. The standard InChI is InChI=1S/C20H19ClN2O2/c21-16-7-5-14(6-8-16)19-13-23(9-10-25-19)20(24)11-15-12-22-18-4-2-1-3-17(15)18/h1-8,12,19,22H,9-11,13H2. The predicted molar refractivity (Wildman–Crippen MR) is 98.7 cm³/mol. The van der Waals surface area contributed by atoms with Gasteiger partial charge in [0.15, 0.2) is 0 Å². The summed E-state index contributed by atoms with van der Waals surface area (Å²) in [6.45, 7) is 1.75. The number of rotatable bonds is 3. The van der Waals surface area contributed by atoms with Crippen molar-refractivity contribution >= 4 is 28.4 Å². The van der Waals surface area contributed by atoms with Gasteiger partial charge in [-0.3, -0.25) is 4.79 Å². The summed E-state index contributed by atoms with van der Waals surface area (Å²) in [6, 6.07) is 15.7. The van der Waals surface area contributed by atoms with Crippen molar-refractivity contribution in [3.8, 4) is 0 Å². The van der Waals surface area contributed by atoms with Gasteiger partial charge in [0, 0.05) is 28.7 Å². The van der Waals surface area contributed by atoms with E-state index < -0.39 is 0 Å². The lowest BCUT2D eigenvalue weighted by Gasteiger charge is -2.33. The number of fused-ring (bicyclic) bond motifs is 1. The van der Waals surface area contributed by atoms with Crippen LogP contribution in [0.1, 0.15) is 17.2 Å². The number of hydrogen-bond acceptors (Lipinski definition) is 2. The molecule has 0 radical (unpaired) electrons. The summed E-state index contributed by atoms with van der Waals surface area (Å²) in [5.74, 6) is 0.131. The van der Waals surface area contributed by atoms with Gasteiger partial charge in [0.2, 0.25) is 5.91 Å². The molecule has 0 saturated carbocycles. The van der Waals surface area contributed by atoms with Crippen LogP contribution in [-0.4, -0.2) is 35.5 Å². The molecule has 0 bridgehead atoms. The van der Waals surface area contributed by atoms with E-state index in [4.69, 9.17) is 16.3 Å². The van der Waals surface area contributed by atoms with Gasteiger partial charge in [-0.1, -0.05) is 41.9 Å². The molecule has 1 aliphatic heterocycles. The Hall–Kier alpha value is -2.30. The maximum Gasteiger partial charge on any atom is 0.227 e. The summed E-state index contributed by atoms with van der Waals surface area (Å²) in [7, 11) is 0. The highest BCUT2D eigenvalue weighted by atomic mass is 35.5. The largest absolute Gasteiger partial charge is 0.370 e. The minimum absolute atomic E-state index is 0.0991. The quantitative estimate of drug-likeness (QED) is 0.773. The molecule has 0 aliphatic carbocycles. The molecule has 5 heteroatoms. The number of aromatic amines is 1. The van der Waals surface area contributed by atoms with Crippen molar-refractivity contribution < 1.29 is 9.53 Å². The number of benzene rings is 2. The highest BCUT2D eigenvalue weighted by Gasteiger charge is 2.25. The first kappa shape index (κ1) is 16.2. The van der Waals surface area contributed by atoms with Crippen LogP contribution >= 0.6 is 11.6 Å². The highest BCUT2D eigenvalue weighted by Crippen LogP contribution is 2.25. The highest BCUT2D eigenvalue weighted by molar-refractivity contribution is 6.30. The van der Waals surface area contributed by atoms with Gasteiger partial charge in [-0.15, -0.1) is 0 Å². The first-order valence-corrected chi connectivity index (χ1v) is 8.78. The SMILES string of the molecule is O=C(Cc1c[nH]c2ccccc12)N1CCOC(c2ccc(Cl)cc2)C1. The summed E-state index contributed by atoms with van der Waals surface area (Å²) >= 11 is 5.95. The lowest BCUT2D eigenvalue weighted by molar-refractivity contribution is -0.138. The number of hydrogen-bond donors (Lipinski definition) is 1. The van der Waals surface area contributed by atoms with Crippen LogP contribution in [0.4, 0.5) is 0 Å². The topological polar surface area (TPSA) is 45.3 Å². The Balaban J connectivity index is 1.47. The van der Waals surface area contributed by atoms with Gasteiger partial charge >= 0.3 is 0 Å². The normalized spacial score (nSPS) is 17.8. The third kappa shape index (κ3) is 3.41. The number of aromatic nitrogens is 1. The number of nitrogens with zero attached hydrogens (tertiary/aromatic N) is 1. The van der Waals surface area contributed by atoms with Crippen molar-refractivity contribution in [2.45, 2.75) is 12.5 Å². The third-order valence-electron chi connectivity index (χ3n) is 4.68. The minimum Gasteiger partial charge on any atom is -0.370 e. The van der Waals surface area contributed by atoms with E-state index in [1.54, 1.807) is 0 Å². The second-order valence-electron chi connectivity index (χ2n) is 6.29. The van der Waals surface area contributed by atoms with Gasteiger partial charge in [0.1, 0.15) is 6.10 Å². The lowest BCUT2D eigenvalue weighted by Crippen LogP contribution is -2.42. The molecule has 1 amide bonds. The van der Waals surface area contributed by atoms with E-state index in [2.05, 4.69) is 4.98 Å². The van der Waals surface area contributed by atoms with Crippen LogP contribution in [-0.2, 0) is 16.0 Å². The van der Waals surface area contributed by atoms with Crippen molar-refractivity contribution in [2.24, 2.45) is 0 Å². The van der Waals surface area contributed by atoms with E-state index in [-0.39, 0.29) is 12.0 Å². The molecular weight excluding hydrogens is 336 g/mol. The van der Waals surface area contributed by atoms with Gasteiger partial charge in [-0.25, -0.2) is 0 Å². The summed E-state index contributed by atoms with van der Waals surface area (Å²) in [5, 5.41) is 1.81. The maximum atomic E-state index is 12.8. The predicted octanol–water partition coefficient (Wildman–Crippen LogP) is 3.96. The maximum absolute atomic E-state index is 12.8. The molecule has 1 unspecified atom stereocenters. The van der Waals surface area contributed by atoms with Crippen molar-refractivity contribution in [1.29, 1.82) is 0 Å². The number of halogens is 1. The van der Waals surface area contributed by atoms with Gasteiger partial charge in [0.25, 0.3) is 0 Å². The second-order valence-corrected chi connectivity index (χ2v) is 6.72. The molecule has 1 aromatic heterocycles. The van der Waals surface area contributed by atoms with E-state index in [9.17, 15) is 4.79 Å². The number of para-hydroxylation sites is 1. The Labute approximate surface area is 151 Å². The Morgan fingerprint density at radius 2 is 2.00 bits per heavy atom. The van der Waals surface area contributed by atoms with Crippen LogP contribution < -0.4 is 0 Å². The molecule has 1 fully saturated rings. The van der Waals surface area contributed by atoms with Crippen molar-refractivity contribution in [3.05, 3.63) is 70.9 Å². The molecule has 2 aromatic carbocycles. The fourth-order valence-corrected chi connectivity index (χ4v) is 3.43. The minimum atomic E-state index is -0.0991. The first-order valence-electron chi connectivity index (χ1n) is 8.40. The molecular formula is C20H19ClN2O2. The number of nitrogens with one attached hydrogen (secondary N) is 1. The van der Waals surface area contributed by atoms with E-state index in [1.165, 1.54) is 0 Å². The zero-order chi connectivity index (χ0) is 17.2. The van der Waals surface area contributed by atoms with E-state index in [1.807, 2.05) is 59.6 Å². The molecule has 2 heterocycles. The lowest BCUT2D eigenvalue weighted by atomic mass is 10.1. The number of carbonyl (C=O) groups excluding carboxylic acids is 1. The number of H-pyrrole nitrogens is 1. The van der Waals surface area contributed by atoms with Crippen LogP contribution in [0.5, 0.6) is 0 Å². The molecule has 1 atom stereocenters. The zero-order valence-electron chi connectivity index (χ0n) is 13.7. The molecule has 128 valence electrons. The Kier molecular flexibility index (Phi) is 4.47. The zero-order valence-corrected chi connectivity index (χ0v) is 14.5. The number of morpholine rings is 1. The molecule has 4 rings (SSSR count). The van der Waals surface area contributed by atoms with Gasteiger partial charge in [0.05, 0.1) is 19.6 Å². The van der Waals surface area contributed by atoms with Crippen molar-refractivity contribution in [1.82, 2.24) is 9.88 Å². The Morgan fingerprint density at radius 3 is 2.84 bits per heavy atom. The van der Waals surface area contributed by atoms with Gasteiger partial charge in [-0.05, 0) is 29.3 Å². The fraction of sp³-hybridized carbons (Fsp3) is 0.250. The van der Waals surface area contributed by atoms with Crippen molar-refractivity contribution in [2.75, 3.05) is 19.7 Å². The molecule has 0 spiro atoms. The second kappa shape index (κ2) is 6.90. The summed E-state index contributed by atoms with van der Waals surface area (Å²) < 4.78 is 5.85. The Morgan fingerprint density at radius 1 is 1.20 bits per heavy atom. The summed E-state index contributed by atoms with van der Waals surface area (Å²) in [5.41, 5.74) is 3.15. The smallest absolute Gasteiger partial charge is 0.227 e. The molecule has 25 heavy (non-hydrogen) atoms. The van der Waals surface area contributed by atoms with Crippen molar-refractivity contribution in [3.63, 3.8) is 0 Å². The van der Waals surface area contributed by atoms with Gasteiger partial charge < -0.3 is 14.6 Å². The molecule has 3 aromatic rings. The van der Waals surface area contributed by atoms with Gasteiger partial charge in [-0.2, -0.15) is 0 Å². The summed E-state index contributed by atoms with van der Waals surface area (Å²) in [6.07, 6.45) is 2.23. The average molecular weight is 355 g/mol. The van der Waals surface area contributed by atoms with E-state index in [0.717, 1.165) is 22.0 Å². The van der Waals surface area contributed by atoms with Crippen LogP contribution in [0.15, 0.2) is 54.7 Å². The van der Waals surface area contributed by atoms with E-state index in [0.29, 0.717) is 31.1 Å². The van der Waals surface area contributed by atoms with Crippen LogP contribution in [0, 0.1) is 0 Å². The fourth-order valence-electron chi connectivity index (χ4n) is 3.31. The van der Waals surface area contributed by atoms with Crippen LogP contribution in [0.2, 0.25) is 5.02 Å². The molecule has 1 N–H and O–H groups in total. The summed E-state index contributed by atoms with van der Waals surface area (Å²) in [4.78, 5) is 17.9. The first-order chi connectivity index (χ1) is 12.2. The van der Waals surface area contributed by atoms with Crippen LogP contribution in [0.3, 0.4) is 0 Å². The van der Waals surface area contributed by atoms with E-state index >= 15 is 0 Å².